The number of halogens is 1. The zero-order valence-electron chi connectivity index (χ0n) is 11.0. The first-order chi connectivity index (χ1) is 10.1. The van der Waals surface area contributed by atoms with Crippen molar-refractivity contribution in [3.05, 3.63) is 41.7 Å². The fourth-order valence-corrected chi connectivity index (χ4v) is 2.42. The number of aromatic nitrogens is 2. The number of carbonyl (C=O) groups excluding carboxylic acids is 2. The van der Waals surface area contributed by atoms with Crippen molar-refractivity contribution in [1.29, 1.82) is 0 Å². The van der Waals surface area contributed by atoms with Crippen LogP contribution in [0.25, 0.3) is 5.69 Å². The molecule has 1 aliphatic rings. The Morgan fingerprint density at radius 1 is 1.43 bits per heavy atom. The minimum Gasteiger partial charge on any atom is -0.344 e. The van der Waals surface area contributed by atoms with Crippen molar-refractivity contribution in [2.45, 2.75) is 18.9 Å². The molecule has 0 aliphatic carbocycles. The molecule has 0 radical (unpaired) electrons. The number of nitrogens with zero attached hydrogens (tertiary/aromatic N) is 2. The van der Waals surface area contributed by atoms with Gasteiger partial charge in [-0.25, -0.2) is 4.68 Å². The number of para-hydroxylation sites is 1. The zero-order valence-corrected chi connectivity index (χ0v) is 11.8. The Bertz CT molecular complexity index is 698. The molecular formula is C14H13ClN4O2. The van der Waals surface area contributed by atoms with E-state index in [9.17, 15) is 9.59 Å². The van der Waals surface area contributed by atoms with Crippen molar-refractivity contribution in [2.75, 3.05) is 5.32 Å². The third kappa shape index (κ3) is 2.90. The summed E-state index contributed by atoms with van der Waals surface area (Å²) in [4.78, 5) is 23.1. The fraction of sp³-hybridized carbons (Fsp3) is 0.214. The number of benzene rings is 1. The minimum atomic E-state index is -0.471. The van der Waals surface area contributed by atoms with Gasteiger partial charge in [0.25, 0.3) is 0 Å². The van der Waals surface area contributed by atoms with Gasteiger partial charge in [0.05, 0.1) is 28.8 Å². The lowest BCUT2D eigenvalue weighted by molar-refractivity contribution is -0.122. The van der Waals surface area contributed by atoms with E-state index in [4.69, 9.17) is 11.6 Å². The van der Waals surface area contributed by atoms with E-state index in [1.54, 1.807) is 16.9 Å². The largest absolute Gasteiger partial charge is 0.344 e. The lowest BCUT2D eigenvalue weighted by Gasteiger charge is -2.09. The van der Waals surface area contributed by atoms with Crippen LogP contribution >= 0.6 is 11.6 Å². The Labute approximate surface area is 126 Å². The van der Waals surface area contributed by atoms with E-state index in [1.807, 2.05) is 18.2 Å². The van der Waals surface area contributed by atoms with Crippen LogP contribution in [0.15, 0.2) is 36.7 Å². The molecule has 6 nitrogen and oxygen atoms in total. The van der Waals surface area contributed by atoms with Gasteiger partial charge in [-0.1, -0.05) is 23.7 Å². The van der Waals surface area contributed by atoms with Crippen LogP contribution in [0.5, 0.6) is 0 Å². The van der Waals surface area contributed by atoms with Crippen LogP contribution in [-0.2, 0) is 9.59 Å². The lowest BCUT2D eigenvalue weighted by Crippen LogP contribution is -2.37. The number of anilines is 1. The summed E-state index contributed by atoms with van der Waals surface area (Å²) in [7, 11) is 0. The smallest absolute Gasteiger partial charge is 0.247 e. The first kappa shape index (κ1) is 13.6. The first-order valence-corrected chi connectivity index (χ1v) is 6.91. The molecule has 1 fully saturated rings. The molecule has 2 amide bonds. The van der Waals surface area contributed by atoms with Crippen LogP contribution < -0.4 is 10.6 Å². The summed E-state index contributed by atoms with van der Waals surface area (Å²) in [6, 6.07) is 6.82. The van der Waals surface area contributed by atoms with Gasteiger partial charge in [0.2, 0.25) is 11.8 Å². The summed E-state index contributed by atoms with van der Waals surface area (Å²) in [5, 5.41) is 10.1. The third-order valence-corrected chi connectivity index (χ3v) is 3.58. The summed E-state index contributed by atoms with van der Waals surface area (Å²) in [5.74, 6) is -0.332. The van der Waals surface area contributed by atoms with E-state index < -0.39 is 6.04 Å². The second-order valence-corrected chi connectivity index (χ2v) is 5.18. The highest BCUT2D eigenvalue weighted by atomic mass is 35.5. The maximum absolute atomic E-state index is 12.0. The van der Waals surface area contributed by atoms with Crippen LogP contribution in [0.2, 0.25) is 5.02 Å². The summed E-state index contributed by atoms with van der Waals surface area (Å²) >= 11 is 6.10. The van der Waals surface area contributed by atoms with Crippen LogP contribution in [0.3, 0.4) is 0 Å². The molecular weight excluding hydrogens is 292 g/mol. The van der Waals surface area contributed by atoms with Crippen molar-refractivity contribution in [2.24, 2.45) is 0 Å². The van der Waals surface area contributed by atoms with Crippen molar-refractivity contribution in [1.82, 2.24) is 15.1 Å². The van der Waals surface area contributed by atoms with Crippen LogP contribution in [0, 0.1) is 0 Å². The highest BCUT2D eigenvalue weighted by molar-refractivity contribution is 6.32. The van der Waals surface area contributed by atoms with Gasteiger partial charge >= 0.3 is 0 Å². The Balaban J connectivity index is 1.72. The molecule has 3 rings (SSSR count). The SMILES string of the molecule is O=C1CC[C@H](C(=O)Nc2cnn(-c3ccccc3Cl)c2)N1. The lowest BCUT2D eigenvalue weighted by atomic mass is 10.2. The van der Waals surface area contributed by atoms with E-state index in [2.05, 4.69) is 15.7 Å². The molecule has 1 saturated heterocycles. The summed E-state index contributed by atoms with van der Waals surface area (Å²) in [6.45, 7) is 0. The monoisotopic (exact) mass is 304 g/mol. The van der Waals surface area contributed by atoms with Gasteiger partial charge in [-0.05, 0) is 18.6 Å². The highest BCUT2D eigenvalue weighted by Crippen LogP contribution is 2.20. The van der Waals surface area contributed by atoms with Gasteiger partial charge in [-0.2, -0.15) is 5.10 Å². The fourth-order valence-electron chi connectivity index (χ4n) is 2.20. The normalized spacial score (nSPS) is 17.6. The topological polar surface area (TPSA) is 76.0 Å². The van der Waals surface area contributed by atoms with Gasteiger partial charge in [0, 0.05) is 6.42 Å². The van der Waals surface area contributed by atoms with E-state index in [0.717, 1.165) is 5.69 Å². The molecule has 2 heterocycles. The number of carbonyl (C=O) groups is 2. The molecule has 1 atom stereocenters. The Morgan fingerprint density at radius 3 is 2.95 bits per heavy atom. The second kappa shape index (κ2) is 5.57. The molecule has 1 aliphatic heterocycles. The first-order valence-electron chi connectivity index (χ1n) is 6.53. The number of hydrogen-bond acceptors (Lipinski definition) is 3. The maximum atomic E-state index is 12.0. The average Bonchev–Trinajstić information content (AvgIpc) is 3.08. The number of nitrogens with one attached hydrogen (secondary N) is 2. The highest BCUT2D eigenvalue weighted by Gasteiger charge is 2.27. The molecule has 0 bridgehead atoms. The quantitative estimate of drug-likeness (QED) is 0.907. The van der Waals surface area contributed by atoms with Crippen molar-refractivity contribution in [3.63, 3.8) is 0 Å². The molecule has 2 N–H and O–H groups in total. The van der Waals surface area contributed by atoms with Crippen molar-refractivity contribution < 1.29 is 9.59 Å². The van der Waals surface area contributed by atoms with E-state index in [0.29, 0.717) is 23.6 Å². The predicted molar refractivity (Wildman–Crippen MR) is 78.4 cm³/mol. The molecule has 7 heteroatoms. The van der Waals surface area contributed by atoms with Gasteiger partial charge in [0.1, 0.15) is 6.04 Å². The zero-order chi connectivity index (χ0) is 14.8. The Hall–Kier alpha value is -2.34. The number of rotatable bonds is 3. The molecule has 0 saturated carbocycles. The number of hydrogen-bond donors (Lipinski definition) is 2. The van der Waals surface area contributed by atoms with E-state index in [-0.39, 0.29) is 11.8 Å². The molecule has 1 aromatic heterocycles. The molecule has 108 valence electrons. The second-order valence-electron chi connectivity index (χ2n) is 4.77. The third-order valence-electron chi connectivity index (χ3n) is 3.26. The number of amides is 2. The summed E-state index contributed by atoms with van der Waals surface area (Å²) in [5.41, 5.74) is 1.29. The van der Waals surface area contributed by atoms with Crippen LogP contribution in [-0.4, -0.2) is 27.6 Å². The average molecular weight is 305 g/mol. The minimum absolute atomic E-state index is 0.0955. The Morgan fingerprint density at radius 2 is 2.24 bits per heavy atom. The van der Waals surface area contributed by atoms with Gasteiger partial charge in [-0.3, -0.25) is 9.59 Å². The summed E-state index contributed by atoms with van der Waals surface area (Å²) in [6.07, 6.45) is 4.12. The molecule has 2 aromatic rings. The predicted octanol–water partition coefficient (Wildman–Crippen LogP) is 1.74. The van der Waals surface area contributed by atoms with E-state index in [1.165, 1.54) is 6.20 Å². The maximum Gasteiger partial charge on any atom is 0.247 e. The summed E-state index contributed by atoms with van der Waals surface area (Å²) < 4.78 is 1.59. The molecule has 21 heavy (non-hydrogen) atoms. The van der Waals surface area contributed by atoms with Crippen LogP contribution in [0.4, 0.5) is 5.69 Å². The standard InChI is InChI=1S/C14H13ClN4O2/c15-10-3-1-2-4-12(10)19-8-9(7-16-19)17-14(21)11-5-6-13(20)18-11/h1-4,7-8,11H,5-6H2,(H,17,21)(H,18,20)/t11-/m1/s1. The van der Waals surface area contributed by atoms with Crippen molar-refractivity contribution in [3.8, 4) is 5.69 Å². The van der Waals surface area contributed by atoms with Gasteiger partial charge < -0.3 is 10.6 Å². The van der Waals surface area contributed by atoms with E-state index >= 15 is 0 Å². The van der Waals surface area contributed by atoms with Crippen molar-refractivity contribution >= 4 is 29.1 Å². The van der Waals surface area contributed by atoms with Crippen LogP contribution in [0.1, 0.15) is 12.8 Å². The molecule has 0 spiro atoms. The molecule has 1 aromatic carbocycles. The molecule has 0 unspecified atom stereocenters. The van der Waals surface area contributed by atoms with Gasteiger partial charge in [-0.15, -0.1) is 0 Å². The van der Waals surface area contributed by atoms with Gasteiger partial charge in [0.15, 0.2) is 0 Å². The Kier molecular flexibility index (Phi) is 3.62.